The van der Waals surface area contributed by atoms with Crippen LogP contribution in [0.25, 0.3) is 12.2 Å². The fourth-order valence-corrected chi connectivity index (χ4v) is 3.35. The molecule has 0 saturated heterocycles. The number of nitro benzene ring substituents is 2. The molecule has 0 aliphatic heterocycles. The van der Waals surface area contributed by atoms with Crippen LogP contribution in [0.2, 0.25) is 0 Å². The minimum atomic E-state index is -0.695. The summed E-state index contributed by atoms with van der Waals surface area (Å²) >= 11 is 0. The topological polar surface area (TPSA) is 131 Å². The molecule has 0 atom stereocenters. The van der Waals surface area contributed by atoms with Crippen molar-refractivity contribution in [3.8, 4) is 17.2 Å². The number of nitro groups is 2. The van der Waals surface area contributed by atoms with Gasteiger partial charge in [-0.3, -0.25) is 20.2 Å². The van der Waals surface area contributed by atoms with Gasteiger partial charge in [0.15, 0.2) is 18.1 Å². The summed E-state index contributed by atoms with van der Waals surface area (Å²) in [6.07, 6.45) is 3.04. The number of carbonyl (C=O) groups excluding carboxylic acids is 1. The zero-order chi connectivity index (χ0) is 27.2. The van der Waals surface area contributed by atoms with Gasteiger partial charge in [-0.2, -0.15) is 0 Å². The number of non-ortho nitro benzene ring substituents is 1. The second-order valence-corrected chi connectivity index (χ2v) is 9.04. The summed E-state index contributed by atoms with van der Waals surface area (Å²) in [5.74, 6) is 0.363. The van der Waals surface area contributed by atoms with Gasteiger partial charge in [-0.15, -0.1) is 0 Å². The number of methoxy groups -OCH3 is 1. The molecule has 0 heterocycles. The highest BCUT2D eigenvalue weighted by Crippen LogP contribution is 2.31. The number of rotatable bonds is 9. The van der Waals surface area contributed by atoms with Crippen LogP contribution in [0, 0.1) is 20.2 Å². The van der Waals surface area contributed by atoms with Crippen molar-refractivity contribution in [3.05, 3.63) is 97.6 Å². The molecule has 3 rings (SSSR count). The Kier molecular flexibility index (Phi) is 8.23. The van der Waals surface area contributed by atoms with Gasteiger partial charge < -0.3 is 14.2 Å². The minimum absolute atomic E-state index is 0.00589. The van der Waals surface area contributed by atoms with Crippen molar-refractivity contribution < 1.29 is 28.9 Å². The molecule has 0 fully saturated rings. The Morgan fingerprint density at radius 3 is 2.19 bits per heavy atom. The maximum Gasteiger partial charge on any atom is 0.349 e. The molecule has 0 aromatic heterocycles. The Hall–Kier alpha value is -4.73. The van der Waals surface area contributed by atoms with E-state index in [0.717, 1.165) is 11.6 Å². The number of hydrogen-bond acceptors (Lipinski definition) is 8. The van der Waals surface area contributed by atoms with E-state index in [1.807, 2.05) is 12.1 Å². The van der Waals surface area contributed by atoms with Crippen molar-refractivity contribution in [3.63, 3.8) is 0 Å². The second kappa shape index (κ2) is 11.3. The van der Waals surface area contributed by atoms with Gasteiger partial charge >= 0.3 is 5.97 Å². The summed E-state index contributed by atoms with van der Waals surface area (Å²) in [5, 5.41) is 22.2. The molecule has 0 N–H and O–H groups in total. The van der Waals surface area contributed by atoms with Gasteiger partial charge in [-0.1, -0.05) is 45.0 Å². The molecule has 37 heavy (non-hydrogen) atoms. The first kappa shape index (κ1) is 26.9. The van der Waals surface area contributed by atoms with Gasteiger partial charge in [-0.05, 0) is 52.9 Å². The van der Waals surface area contributed by atoms with E-state index < -0.39 is 21.5 Å². The standard InChI is InChI=1S/C27H26N2O8/c1-27(2,3)20-9-12-22(13-10-20)36-17-26(30)37-24-14-6-18(15-25(24)35-4)5-7-19-8-11-21(28(31)32)16-23(19)29(33)34/h5-16H,17H2,1-4H3/b7-5+. The average Bonchev–Trinajstić information content (AvgIpc) is 2.86. The molecule has 0 bridgehead atoms. The average molecular weight is 507 g/mol. The normalized spacial score (nSPS) is 11.2. The summed E-state index contributed by atoms with van der Waals surface area (Å²) in [6, 6.07) is 15.6. The van der Waals surface area contributed by atoms with Crippen molar-refractivity contribution in [2.75, 3.05) is 13.7 Å². The molecule has 0 saturated carbocycles. The largest absolute Gasteiger partial charge is 0.493 e. The second-order valence-electron chi connectivity index (χ2n) is 9.04. The number of ether oxygens (including phenoxy) is 3. The summed E-state index contributed by atoms with van der Waals surface area (Å²) in [6.45, 7) is 6.01. The molecular weight excluding hydrogens is 480 g/mol. The molecule has 10 heteroatoms. The molecule has 3 aromatic carbocycles. The SMILES string of the molecule is COc1cc(/C=C/c2ccc([N+](=O)[O-])cc2[N+](=O)[O-])ccc1OC(=O)COc1ccc(C(C)(C)C)cc1. The number of esters is 1. The first-order valence-electron chi connectivity index (χ1n) is 11.2. The van der Waals surface area contributed by atoms with E-state index in [-0.39, 0.29) is 34.8 Å². The monoisotopic (exact) mass is 506 g/mol. The summed E-state index contributed by atoms with van der Waals surface area (Å²) < 4.78 is 16.2. The van der Waals surface area contributed by atoms with Gasteiger partial charge in [0.05, 0.1) is 28.6 Å². The molecule has 0 radical (unpaired) electrons. The van der Waals surface area contributed by atoms with Crippen LogP contribution < -0.4 is 14.2 Å². The zero-order valence-electron chi connectivity index (χ0n) is 20.8. The van der Waals surface area contributed by atoms with Gasteiger partial charge in [0, 0.05) is 6.07 Å². The predicted octanol–water partition coefficient (Wildman–Crippen LogP) is 5.96. The number of nitrogens with zero attached hydrogens (tertiary/aromatic N) is 2. The molecule has 0 unspecified atom stereocenters. The maximum absolute atomic E-state index is 12.3. The molecule has 0 spiro atoms. The summed E-state index contributed by atoms with van der Waals surface area (Å²) in [5.41, 5.74) is 1.17. The van der Waals surface area contributed by atoms with Crippen LogP contribution in [0.1, 0.15) is 37.5 Å². The van der Waals surface area contributed by atoms with E-state index in [4.69, 9.17) is 14.2 Å². The van der Waals surface area contributed by atoms with Crippen molar-refractivity contribution in [2.45, 2.75) is 26.2 Å². The number of benzene rings is 3. The molecular formula is C27H26N2O8. The van der Waals surface area contributed by atoms with E-state index in [2.05, 4.69) is 20.8 Å². The lowest BCUT2D eigenvalue weighted by atomic mass is 9.87. The molecule has 10 nitrogen and oxygen atoms in total. The maximum atomic E-state index is 12.3. The van der Waals surface area contributed by atoms with Crippen LogP contribution in [0.5, 0.6) is 17.2 Å². The van der Waals surface area contributed by atoms with Crippen molar-refractivity contribution in [2.24, 2.45) is 0 Å². The van der Waals surface area contributed by atoms with Crippen LogP contribution in [-0.4, -0.2) is 29.5 Å². The molecule has 0 amide bonds. The van der Waals surface area contributed by atoms with Crippen LogP contribution in [0.4, 0.5) is 11.4 Å². The lowest BCUT2D eigenvalue weighted by Crippen LogP contribution is -2.18. The minimum Gasteiger partial charge on any atom is -0.493 e. The fraction of sp³-hybridized carbons (Fsp3) is 0.222. The van der Waals surface area contributed by atoms with E-state index in [0.29, 0.717) is 11.3 Å². The number of carbonyl (C=O) groups is 1. The zero-order valence-corrected chi connectivity index (χ0v) is 20.8. The van der Waals surface area contributed by atoms with Crippen molar-refractivity contribution in [1.82, 2.24) is 0 Å². The third-order valence-electron chi connectivity index (χ3n) is 5.37. The highest BCUT2D eigenvalue weighted by atomic mass is 16.6. The Morgan fingerprint density at radius 2 is 1.59 bits per heavy atom. The van der Waals surface area contributed by atoms with E-state index in [1.54, 1.807) is 30.3 Å². The number of hydrogen-bond donors (Lipinski definition) is 0. The Bertz CT molecular complexity index is 1340. The first-order chi connectivity index (χ1) is 17.5. The van der Waals surface area contributed by atoms with Crippen LogP contribution in [-0.2, 0) is 10.2 Å². The highest BCUT2D eigenvalue weighted by molar-refractivity contribution is 5.77. The van der Waals surface area contributed by atoms with Gasteiger partial charge in [0.2, 0.25) is 0 Å². The van der Waals surface area contributed by atoms with Crippen molar-refractivity contribution in [1.29, 1.82) is 0 Å². The lowest BCUT2D eigenvalue weighted by Gasteiger charge is -2.19. The van der Waals surface area contributed by atoms with Gasteiger partial charge in [-0.25, -0.2) is 4.79 Å². The first-order valence-corrected chi connectivity index (χ1v) is 11.2. The molecule has 3 aromatic rings. The Labute approximate surface area is 213 Å². The molecule has 0 aliphatic carbocycles. The van der Waals surface area contributed by atoms with Crippen LogP contribution in [0.3, 0.4) is 0 Å². The van der Waals surface area contributed by atoms with Crippen molar-refractivity contribution >= 4 is 29.5 Å². The highest BCUT2D eigenvalue weighted by Gasteiger charge is 2.18. The van der Waals surface area contributed by atoms with Crippen LogP contribution >= 0.6 is 0 Å². The summed E-state index contributed by atoms with van der Waals surface area (Å²) in [4.78, 5) is 33.2. The van der Waals surface area contributed by atoms with Gasteiger partial charge in [0.25, 0.3) is 11.4 Å². The van der Waals surface area contributed by atoms with E-state index in [1.165, 1.54) is 31.4 Å². The third-order valence-corrected chi connectivity index (χ3v) is 5.37. The quantitative estimate of drug-likeness (QED) is 0.114. The molecule has 192 valence electrons. The van der Waals surface area contributed by atoms with E-state index in [9.17, 15) is 25.0 Å². The van der Waals surface area contributed by atoms with E-state index >= 15 is 0 Å². The molecule has 0 aliphatic rings. The third kappa shape index (κ3) is 7.14. The van der Waals surface area contributed by atoms with Gasteiger partial charge in [0.1, 0.15) is 5.75 Å². The summed E-state index contributed by atoms with van der Waals surface area (Å²) in [7, 11) is 1.41. The lowest BCUT2D eigenvalue weighted by molar-refractivity contribution is -0.394. The predicted molar refractivity (Wildman–Crippen MR) is 138 cm³/mol. The van der Waals surface area contributed by atoms with Crippen LogP contribution in [0.15, 0.2) is 60.7 Å². The fourth-order valence-electron chi connectivity index (χ4n) is 3.35. The Morgan fingerprint density at radius 1 is 0.892 bits per heavy atom. The smallest absolute Gasteiger partial charge is 0.349 e. The Balaban J connectivity index is 1.68.